The van der Waals surface area contributed by atoms with Crippen molar-refractivity contribution in [2.24, 2.45) is 0 Å². The first-order valence-electron chi connectivity index (χ1n) is 9.01. The number of aryl methyl sites for hydroxylation is 1. The Kier molecular flexibility index (Phi) is 6.43. The molecule has 2 nitrogen and oxygen atoms in total. The lowest BCUT2D eigenvalue weighted by Gasteiger charge is -2.14. The van der Waals surface area contributed by atoms with Crippen molar-refractivity contribution in [2.75, 3.05) is 0 Å². The fraction of sp³-hybridized carbons (Fsp3) is 0.318. The van der Waals surface area contributed by atoms with E-state index in [-0.39, 0.29) is 0 Å². The maximum atomic E-state index is 6.03. The van der Waals surface area contributed by atoms with E-state index in [4.69, 9.17) is 11.6 Å². The summed E-state index contributed by atoms with van der Waals surface area (Å²) in [7, 11) is 0. The van der Waals surface area contributed by atoms with Gasteiger partial charge in [0.25, 0.3) is 0 Å². The van der Waals surface area contributed by atoms with Gasteiger partial charge in [0, 0.05) is 35.4 Å². The van der Waals surface area contributed by atoms with Gasteiger partial charge in [0.1, 0.15) is 0 Å². The van der Waals surface area contributed by atoms with E-state index in [1.165, 1.54) is 41.2 Å². The van der Waals surface area contributed by atoms with E-state index in [0.29, 0.717) is 6.04 Å². The van der Waals surface area contributed by atoms with E-state index in [1.54, 1.807) is 0 Å². The number of hydrogen-bond acceptors (Lipinski definition) is 2. The molecule has 0 radical (unpaired) electrons. The van der Waals surface area contributed by atoms with Gasteiger partial charge in [0.05, 0.1) is 0 Å². The van der Waals surface area contributed by atoms with Crippen LogP contribution in [0.1, 0.15) is 37.3 Å². The molecular formula is C22H25ClN2. The lowest BCUT2D eigenvalue weighted by atomic mass is 10.0. The third-order valence-electron chi connectivity index (χ3n) is 4.60. The van der Waals surface area contributed by atoms with Crippen LogP contribution in [0.25, 0.3) is 10.8 Å². The molecule has 0 unspecified atom stereocenters. The number of benzene rings is 2. The first kappa shape index (κ1) is 17.9. The van der Waals surface area contributed by atoms with E-state index < -0.39 is 0 Å². The van der Waals surface area contributed by atoms with Gasteiger partial charge in [-0.1, -0.05) is 42.3 Å². The molecule has 0 aliphatic carbocycles. The van der Waals surface area contributed by atoms with Crippen molar-refractivity contribution in [1.29, 1.82) is 0 Å². The number of halogens is 1. The Labute approximate surface area is 155 Å². The highest BCUT2D eigenvalue weighted by molar-refractivity contribution is 6.30. The molecule has 2 aromatic carbocycles. The Hall–Kier alpha value is -1.90. The van der Waals surface area contributed by atoms with E-state index in [0.717, 1.165) is 18.0 Å². The summed E-state index contributed by atoms with van der Waals surface area (Å²) in [6, 6.07) is 17.3. The van der Waals surface area contributed by atoms with Crippen molar-refractivity contribution in [3.8, 4) is 0 Å². The SMILES string of the molecule is C[C@H](CCCCc1cccc(Cl)c1)NCc1ccc2cnccc2c1. The maximum absolute atomic E-state index is 6.03. The van der Waals surface area contributed by atoms with Crippen LogP contribution < -0.4 is 5.32 Å². The van der Waals surface area contributed by atoms with Gasteiger partial charge in [-0.15, -0.1) is 0 Å². The third-order valence-corrected chi connectivity index (χ3v) is 4.84. The van der Waals surface area contributed by atoms with Gasteiger partial charge in [-0.05, 0) is 67.0 Å². The Balaban J connectivity index is 1.39. The van der Waals surface area contributed by atoms with Gasteiger partial charge in [-0.25, -0.2) is 0 Å². The number of nitrogens with one attached hydrogen (secondary N) is 1. The molecule has 1 heterocycles. The van der Waals surface area contributed by atoms with Crippen LogP contribution in [-0.4, -0.2) is 11.0 Å². The maximum Gasteiger partial charge on any atom is 0.0408 e. The van der Waals surface area contributed by atoms with Gasteiger partial charge in [-0.3, -0.25) is 4.98 Å². The molecular weight excluding hydrogens is 328 g/mol. The standard InChI is InChI=1S/C22H25ClN2/c1-17(5-2-3-6-18-7-4-8-22(23)14-18)25-15-19-9-10-21-16-24-12-11-20(21)13-19/h4,7-14,16-17,25H,2-3,5-6,15H2,1H3/t17-/m1/s1. The first-order chi connectivity index (χ1) is 12.2. The second kappa shape index (κ2) is 8.98. The predicted molar refractivity (Wildman–Crippen MR) is 107 cm³/mol. The molecule has 0 fully saturated rings. The summed E-state index contributed by atoms with van der Waals surface area (Å²) in [4.78, 5) is 4.16. The van der Waals surface area contributed by atoms with Crippen LogP contribution in [0.3, 0.4) is 0 Å². The quantitative estimate of drug-likeness (QED) is 0.520. The van der Waals surface area contributed by atoms with Crippen LogP contribution in [0.4, 0.5) is 0 Å². The van der Waals surface area contributed by atoms with Crippen LogP contribution in [0, 0.1) is 0 Å². The van der Waals surface area contributed by atoms with E-state index in [9.17, 15) is 0 Å². The molecule has 1 aromatic heterocycles. The highest BCUT2D eigenvalue weighted by atomic mass is 35.5. The highest BCUT2D eigenvalue weighted by Gasteiger charge is 2.03. The minimum atomic E-state index is 0.521. The molecule has 0 amide bonds. The van der Waals surface area contributed by atoms with Crippen LogP contribution in [0.2, 0.25) is 5.02 Å². The Morgan fingerprint density at radius 3 is 2.80 bits per heavy atom. The number of rotatable bonds is 8. The Morgan fingerprint density at radius 1 is 1.00 bits per heavy atom. The average molecular weight is 353 g/mol. The van der Waals surface area contributed by atoms with Crippen LogP contribution >= 0.6 is 11.6 Å². The Morgan fingerprint density at radius 2 is 1.92 bits per heavy atom. The normalized spacial score (nSPS) is 12.4. The van der Waals surface area contributed by atoms with Crippen LogP contribution in [0.15, 0.2) is 60.9 Å². The van der Waals surface area contributed by atoms with Crippen LogP contribution in [0.5, 0.6) is 0 Å². The Bertz CT molecular complexity index is 816. The topological polar surface area (TPSA) is 24.9 Å². The summed E-state index contributed by atoms with van der Waals surface area (Å²) in [5.74, 6) is 0. The number of fused-ring (bicyclic) bond motifs is 1. The molecule has 3 heteroatoms. The van der Waals surface area contributed by atoms with Gasteiger partial charge >= 0.3 is 0 Å². The van der Waals surface area contributed by atoms with Gasteiger partial charge in [-0.2, -0.15) is 0 Å². The summed E-state index contributed by atoms with van der Waals surface area (Å²) >= 11 is 6.03. The van der Waals surface area contributed by atoms with Crippen molar-refractivity contribution >= 4 is 22.4 Å². The molecule has 3 aromatic rings. The summed E-state index contributed by atoms with van der Waals surface area (Å²) in [5.41, 5.74) is 2.66. The minimum Gasteiger partial charge on any atom is -0.310 e. The summed E-state index contributed by atoms with van der Waals surface area (Å²) < 4.78 is 0. The van der Waals surface area contributed by atoms with E-state index in [1.807, 2.05) is 24.5 Å². The molecule has 0 aliphatic rings. The molecule has 25 heavy (non-hydrogen) atoms. The zero-order valence-electron chi connectivity index (χ0n) is 14.7. The van der Waals surface area contributed by atoms with Gasteiger partial charge in [0.2, 0.25) is 0 Å². The molecule has 1 atom stereocenters. The number of nitrogens with zero attached hydrogens (tertiary/aromatic N) is 1. The highest BCUT2D eigenvalue weighted by Crippen LogP contribution is 2.16. The summed E-state index contributed by atoms with van der Waals surface area (Å²) in [6.07, 6.45) is 8.49. The minimum absolute atomic E-state index is 0.521. The molecule has 0 saturated heterocycles. The molecule has 0 bridgehead atoms. The summed E-state index contributed by atoms with van der Waals surface area (Å²) in [5, 5.41) is 6.91. The summed E-state index contributed by atoms with van der Waals surface area (Å²) in [6.45, 7) is 3.18. The molecule has 0 aliphatic heterocycles. The van der Waals surface area contributed by atoms with Crippen molar-refractivity contribution in [1.82, 2.24) is 10.3 Å². The second-order valence-corrected chi connectivity index (χ2v) is 7.15. The van der Waals surface area contributed by atoms with Crippen LogP contribution in [-0.2, 0) is 13.0 Å². The monoisotopic (exact) mass is 352 g/mol. The van der Waals surface area contributed by atoms with Gasteiger partial charge < -0.3 is 5.32 Å². The van der Waals surface area contributed by atoms with Gasteiger partial charge in [0.15, 0.2) is 0 Å². The molecule has 0 saturated carbocycles. The number of unbranched alkanes of at least 4 members (excludes halogenated alkanes) is 1. The predicted octanol–water partition coefficient (Wildman–Crippen LogP) is 5.78. The zero-order chi connectivity index (χ0) is 17.5. The smallest absolute Gasteiger partial charge is 0.0408 e. The lowest BCUT2D eigenvalue weighted by Crippen LogP contribution is -2.25. The number of hydrogen-bond donors (Lipinski definition) is 1. The fourth-order valence-corrected chi connectivity index (χ4v) is 3.32. The molecule has 1 N–H and O–H groups in total. The first-order valence-corrected chi connectivity index (χ1v) is 9.39. The average Bonchev–Trinajstić information content (AvgIpc) is 2.63. The number of aromatic nitrogens is 1. The molecule has 130 valence electrons. The zero-order valence-corrected chi connectivity index (χ0v) is 15.5. The second-order valence-electron chi connectivity index (χ2n) is 6.71. The van der Waals surface area contributed by atoms with E-state index in [2.05, 4.69) is 53.6 Å². The number of pyridine rings is 1. The third kappa shape index (κ3) is 5.55. The van der Waals surface area contributed by atoms with Crippen molar-refractivity contribution in [2.45, 2.75) is 45.2 Å². The lowest BCUT2D eigenvalue weighted by molar-refractivity contribution is 0.489. The van der Waals surface area contributed by atoms with E-state index >= 15 is 0 Å². The molecule has 3 rings (SSSR count). The van der Waals surface area contributed by atoms with Crippen molar-refractivity contribution < 1.29 is 0 Å². The van der Waals surface area contributed by atoms with Crippen molar-refractivity contribution in [3.05, 3.63) is 77.1 Å². The van der Waals surface area contributed by atoms with Crippen molar-refractivity contribution in [3.63, 3.8) is 0 Å². The fourth-order valence-electron chi connectivity index (χ4n) is 3.11. The molecule has 0 spiro atoms. The largest absolute Gasteiger partial charge is 0.310 e.